The smallest absolute Gasteiger partial charge is 0.243 e. The number of fused-ring (bicyclic) bond motifs is 3. The van der Waals surface area contributed by atoms with Crippen LogP contribution in [0, 0.1) is 17.6 Å². The largest absolute Gasteiger partial charge is 0.394 e. The van der Waals surface area contributed by atoms with E-state index in [2.05, 4.69) is 5.32 Å². The van der Waals surface area contributed by atoms with E-state index in [4.69, 9.17) is 0 Å². The molecule has 32 heavy (non-hydrogen) atoms. The number of anilines is 1. The summed E-state index contributed by atoms with van der Waals surface area (Å²) in [7, 11) is -3.97. The van der Waals surface area contributed by atoms with Gasteiger partial charge in [-0.15, -0.1) is 0 Å². The van der Waals surface area contributed by atoms with E-state index in [0.29, 0.717) is 12.0 Å². The van der Waals surface area contributed by atoms with Crippen molar-refractivity contribution in [2.45, 2.75) is 23.4 Å². The summed E-state index contributed by atoms with van der Waals surface area (Å²) in [6.45, 7) is 0.121. The Labute approximate surface area is 185 Å². The number of rotatable bonds is 4. The van der Waals surface area contributed by atoms with Crippen LogP contribution in [-0.4, -0.2) is 37.0 Å². The van der Waals surface area contributed by atoms with Crippen LogP contribution in [0.4, 0.5) is 14.5 Å². The maximum absolute atomic E-state index is 13.8. The van der Waals surface area contributed by atoms with E-state index >= 15 is 0 Å². The minimum absolute atomic E-state index is 0.0972. The van der Waals surface area contributed by atoms with Gasteiger partial charge in [0.2, 0.25) is 10.0 Å². The number of benzene rings is 3. The number of aliphatic hydroxyl groups excluding tert-OH is 1. The Morgan fingerprint density at radius 3 is 2.41 bits per heavy atom. The molecule has 2 N–H and O–H groups in total. The molecule has 0 amide bonds. The minimum atomic E-state index is -3.97. The Kier molecular flexibility index (Phi) is 5.23. The summed E-state index contributed by atoms with van der Waals surface area (Å²) >= 11 is 0. The van der Waals surface area contributed by atoms with Crippen molar-refractivity contribution >= 4 is 15.7 Å². The number of hydrogen-bond donors (Lipinski definition) is 2. The first-order chi connectivity index (χ1) is 15.4. The van der Waals surface area contributed by atoms with E-state index in [0.717, 1.165) is 22.9 Å². The predicted molar refractivity (Wildman–Crippen MR) is 117 cm³/mol. The van der Waals surface area contributed by atoms with Crippen LogP contribution in [0.3, 0.4) is 0 Å². The monoisotopic (exact) mass is 456 g/mol. The normalized spacial score (nSPS) is 22.8. The van der Waals surface area contributed by atoms with Crippen molar-refractivity contribution in [1.29, 1.82) is 0 Å². The Morgan fingerprint density at radius 1 is 0.969 bits per heavy atom. The molecular formula is C24H22F2N2O3S. The molecule has 0 saturated carbocycles. The van der Waals surface area contributed by atoms with Crippen molar-refractivity contribution < 1.29 is 22.3 Å². The molecule has 2 heterocycles. The highest BCUT2D eigenvalue weighted by Gasteiger charge is 2.48. The fraction of sp³-hybridized carbons (Fsp3) is 0.250. The van der Waals surface area contributed by atoms with Gasteiger partial charge in [0.15, 0.2) is 0 Å². The van der Waals surface area contributed by atoms with Crippen molar-refractivity contribution in [3.63, 3.8) is 0 Å². The van der Waals surface area contributed by atoms with Crippen LogP contribution in [0.2, 0.25) is 0 Å². The molecule has 5 rings (SSSR count). The zero-order chi connectivity index (χ0) is 22.5. The summed E-state index contributed by atoms with van der Waals surface area (Å²) in [5.74, 6) is -1.12. The molecule has 2 aliphatic rings. The van der Waals surface area contributed by atoms with E-state index in [1.54, 1.807) is 12.1 Å². The van der Waals surface area contributed by atoms with Crippen LogP contribution in [0.25, 0.3) is 11.1 Å². The molecule has 3 atom stereocenters. The lowest BCUT2D eigenvalue weighted by Crippen LogP contribution is -2.42. The molecule has 1 fully saturated rings. The zero-order valence-electron chi connectivity index (χ0n) is 17.1. The summed E-state index contributed by atoms with van der Waals surface area (Å²) in [4.78, 5) is -0.0972. The van der Waals surface area contributed by atoms with Crippen LogP contribution >= 0.6 is 0 Å². The number of hydrogen-bond acceptors (Lipinski definition) is 4. The molecule has 0 unspecified atom stereocenters. The highest BCUT2D eigenvalue weighted by atomic mass is 32.2. The fourth-order valence-corrected chi connectivity index (χ4v) is 6.60. The Balaban J connectivity index is 1.62. The van der Waals surface area contributed by atoms with Gasteiger partial charge >= 0.3 is 0 Å². The van der Waals surface area contributed by atoms with E-state index in [-0.39, 0.29) is 35.8 Å². The van der Waals surface area contributed by atoms with Crippen LogP contribution in [-0.2, 0) is 10.0 Å². The number of halogens is 2. The molecule has 0 aliphatic carbocycles. The number of nitrogens with zero attached hydrogens (tertiary/aromatic N) is 1. The van der Waals surface area contributed by atoms with Crippen LogP contribution < -0.4 is 5.32 Å². The molecular weight excluding hydrogens is 434 g/mol. The molecule has 8 heteroatoms. The molecule has 3 aromatic carbocycles. The Morgan fingerprint density at radius 2 is 1.69 bits per heavy atom. The lowest BCUT2D eigenvalue weighted by atomic mass is 9.82. The first-order valence-electron chi connectivity index (χ1n) is 10.4. The molecule has 2 aliphatic heterocycles. The first-order valence-corrected chi connectivity index (χ1v) is 11.9. The van der Waals surface area contributed by atoms with Gasteiger partial charge in [-0.2, -0.15) is 4.31 Å². The van der Waals surface area contributed by atoms with Crippen LogP contribution in [0.15, 0.2) is 71.6 Å². The average molecular weight is 457 g/mol. The zero-order valence-corrected chi connectivity index (χ0v) is 17.9. The van der Waals surface area contributed by atoms with Crippen molar-refractivity contribution in [2.24, 2.45) is 5.92 Å². The second-order valence-corrected chi connectivity index (χ2v) is 10.1. The van der Waals surface area contributed by atoms with Gasteiger partial charge in [0.05, 0.1) is 23.6 Å². The number of nitrogens with one attached hydrogen (secondary N) is 1. The van der Waals surface area contributed by atoms with E-state index in [1.807, 2.05) is 18.2 Å². The highest BCUT2D eigenvalue weighted by Crippen LogP contribution is 2.49. The summed E-state index contributed by atoms with van der Waals surface area (Å²) in [6, 6.07) is 16.0. The second-order valence-electron chi connectivity index (χ2n) is 8.22. The SMILES string of the molecule is O=S(=O)(c1cccc(F)c1)N1CC[C@@H]2[C@H](CO)Nc3ccc(-c4cccc(F)c4)cc3[C@@H]21. The number of sulfonamides is 1. The molecule has 166 valence electrons. The summed E-state index contributed by atoms with van der Waals surface area (Å²) in [5, 5.41) is 13.3. The van der Waals surface area contributed by atoms with Gasteiger partial charge in [0.25, 0.3) is 0 Å². The molecule has 1 saturated heterocycles. The van der Waals surface area contributed by atoms with Crippen LogP contribution in [0.1, 0.15) is 18.0 Å². The van der Waals surface area contributed by atoms with Crippen LogP contribution in [0.5, 0.6) is 0 Å². The summed E-state index contributed by atoms with van der Waals surface area (Å²) in [5.41, 5.74) is 2.94. The first kappa shape index (κ1) is 21.1. The quantitative estimate of drug-likeness (QED) is 0.618. The van der Waals surface area contributed by atoms with Gasteiger partial charge in [0, 0.05) is 18.2 Å². The van der Waals surface area contributed by atoms with Crippen molar-refractivity contribution in [1.82, 2.24) is 4.31 Å². The van der Waals surface area contributed by atoms with Gasteiger partial charge in [-0.1, -0.05) is 24.3 Å². The fourth-order valence-electron chi connectivity index (χ4n) is 4.90. The third-order valence-corrected chi connectivity index (χ3v) is 8.26. The third-order valence-electron chi connectivity index (χ3n) is 6.38. The van der Waals surface area contributed by atoms with Crippen molar-refractivity contribution in [2.75, 3.05) is 18.5 Å². The minimum Gasteiger partial charge on any atom is -0.394 e. The summed E-state index contributed by atoms with van der Waals surface area (Å²) < 4.78 is 55.9. The maximum atomic E-state index is 13.8. The highest BCUT2D eigenvalue weighted by molar-refractivity contribution is 7.89. The van der Waals surface area contributed by atoms with E-state index in [1.165, 1.54) is 34.6 Å². The molecule has 3 aromatic rings. The van der Waals surface area contributed by atoms with E-state index < -0.39 is 21.9 Å². The molecule has 0 radical (unpaired) electrons. The summed E-state index contributed by atoms with van der Waals surface area (Å²) in [6.07, 6.45) is 0.557. The second kappa shape index (κ2) is 7.95. The Hall–Kier alpha value is -2.81. The average Bonchev–Trinajstić information content (AvgIpc) is 3.25. The lowest BCUT2D eigenvalue weighted by Gasteiger charge is -2.39. The Bertz CT molecular complexity index is 1280. The van der Waals surface area contributed by atoms with Gasteiger partial charge < -0.3 is 10.4 Å². The third kappa shape index (κ3) is 3.48. The van der Waals surface area contributed by atoms with Gasteiger partial charge in [0.1, 0.15) is 11.6 Å². The maximum Gasteiger partial charge on any atom is 0.243 e. The number of aliphatic hydroxyl groups is 1. The van der Waals surface area contributed by atoms with Gasteiger partial charge in [-0.05, 0) is 65.6 Å². The van der Waals surface area contributed by atoms with Crippen molar-refractivity contribution in [3.8, 4) is 11.1 Å². The van der Waals surface area contributed by atoms with E-state index in [9.17, 15) is 22.3 Å². The predicted octanol–water partition coefficient (Wildman–Crippen LogP) is 4.17. The van der Waals surface area contributed by atoms with Crippen molar-refractivity contribution in [3.05, 3.63) is 83.9 Å². The lowest BCUT2D eigenvalue weighted by molar-refractivity contribution is 0.210. The van der Waals surface area contributed by atoms with Gasteiger partial charge in [-0.25, -0.2) is 17.2 Å². The molecule has 0 spiro atoms. The standard InChI is InChI=1S/C24H22F2N2O3S/c25-17-4-1-3-15(11-17)16-7-8-22-21(12-16)24-20(23(14-29)27-22)9-10-28(24)32(30,31)19-6-2-5-18(26)13-19/h1-8,11-13,20,23-24,27,29H,9-10,14H2/t20-,23+,24-/m1/s1. The molecule has 0 aromatic heterocycles. The topological polar surface area (TPSA) is 69.6 Å². The van der Waals surface area contributed by atoms with Gasteiger partial charge in [-0.3, -0.25) is 0 Å². The molecule has 5 nitrogen and oxygen atoms in total. The molecule has 0 bridgehead atoms.